The van der Waals surface area contributed by atoms with Crippen molar-refractivity contribution < 1.29 is 13.5 Å². The monoisotopic (exact) mass is 376 g/mol. The van der Waals surface area contributed by atoms with Crippen LogP contribution in [0.25, 0.3) is 10.9 Å². The van der Waals surface area contributed by atoms with Crippen LogP contribution in [0.15, 0.2) is 22.8 Å². The van der Waals surface area contributed by atoms with E-state index in [2.05, 4.69) is 40.7 Å². The molecule has 2 rings (SSSR count). The fraction of sp³-hybridized carbons (Fsp3) is 0.500. The van der Waals surface area contributed by atoms with Gasteiger partial charge >= 0.3 is 0 Å². The maximum absolute atomic E-state index is 13.2. The lowest BCUT2D eigenvalue weighted by molar-refractivity contribution is 0.0809. The van der Waals surface area contributed by atoms with Gasteiger partial charge < -0.3 is 4.74 Å². The number of fused-ring (bicyclic) bond motifs is 1. The Hall–Kier alpha value is -0.793. The summed E-state index contributed by atoms with van der Waals surface area (Å²) in [5.74, 6) is 0. The second-order valence-electron chi connectivity index (χ2n) is 6.23. The van der Waals surface area contributed by atoms with Crippen LogP contribution >= 0.6 is 15.9 Å². The van der Waals surface area contributed by atoms with Crippen LogP contribution in [0.5, 0.6) is 0 Å². The predicted octanol–water partition coefficient (Wildman–Crippen LogP) is 5.05. The summed E-state index contributed by atoms with van der Waals surface area (Å²) >= 11 is 3.25. The van der Waals surface area contributed by atoms with Crippen LogP contribution in [-0.4, -0.2) is 24.5 Å². The van der Waals surface area contributed by atoms with Crippen molar-refractivity contribution in [3.05, 3.63) is 28.4 Å². The number of ether oxygens (including phenoxy) is 1. The van der Waals surface area contributed by atoms with Crippen molar-refractivity contribution in [2.75, 3.05) is 6.61 Å². The van der Waals surface area contributed by atoms with Crippen molar-refractivity contribution in [2.24, 2.45) is 0 Å². The van der Waals surface area contributed by atoms with Crippen molar-refractivity contribution in [1.29, 1.82) is 0 Å². The third-order valence-corrected chi connectivity index (χ3v) is 5.34. The summed E-state index contributed by atoms with van der Waals surface area (Å²) in [4.78, 5) is 0. The highest BCUT2D eigenvalue weighted by Crippen LogP contribution is 2.31. The summed E-state index contributed by atoms with van der Waals surface area (Å²) in [5.41, 5.74) is 0.423. The molecule has 116 valence electrons. The molecule has 0 atom stereocenters. The molecule has 3 nitrogen and oxygen atoms in total. The summed E-state index contributed by atoms with van der Waals surface area (Å²) in [5, 5.41) is 4.85. The molecule has 0 N–H and O–H groups in total. The number of hydrogen-bond donors (Lipinski definition) is 0. The Morgan fingerprint density at radius 1 is 1.33 bits per heavy atom. The van der Waals surface area contributed by atoms with Crippen LogP contribution < -0.4 is 0 Å². The summed E-state index contributed by atoms with van der Waals surface area (Å²) in [6, 6.07) is 4.26. The molecule has 0 aliphatic carbocycles. The van der Waals surface area contributed by atoms with E-state index in [1.54, 1.807) is 12.3 Å². The van der Waals surface area contributed by atoms with E-state index in [0.29, 0.717) is 22.0 Å². The van der Waals surface area contributed by atoms with Gasteiger partial charge in [-0.15, -0.1) is 0 Å². The van der Waals surface area contributed by atoms with Gasteiger partial charge in [-0.2, -0.15) is 5.10 Å². The van der Waals surface area contributed by atoms with Crippen LogP contribution in [0.1, 0.15) is 12.0 Å². The van der Waals surface area contributed by atoms with E-state index in [1.165, 1.54) is 10.7 Å². The molecular formula is C14H19BrF2N2OSi. The lowest BCUT2D eigenvalue weighted by Gasteiger charge is -2.15. The molecule has 7 heteroatoms. The minimum Gasteiger partial charge on any atom is -0.360 e. The van der Waals surface area contributed by atoms with E-state index in [0.717, 1.165) is 6.04 Å². The van der Waals surface area contributed by atoms with Gasteiger partial charge in [0, 0.05) is 30.1 Å². The Balaban J connectivity index is 2.17. The second kappa shape index (κ2) is 6.54. The average molecular weight is 377 g/mol. The van der Waals surface area contributed by atoms with Crippen molar-refractivity contribution >= 4 is 34.9 Å². The maximum atomic E-state index is 13.2. The largest absolute Gasteiger partial charge is 0.360 e. The van der Waals surface area contributed by atoms with E-state index < -0.39 is 14.5 Å². The minimum atomic E-state index is -2.54. The zero-order valence-electron chi connectivity index (χ0n) is 12.4. The molecule has 0 bridgehead atoms. The van der Waals surface area contributed by atoms with Crippen molar-refractivity contribution in [3.63, 3.8) is 0 Å². The molecule has 1 aromatic heterocycles. The molecule has 0 amide bonds. The molecule has 2 aromatic rings. The van der Waals surface area contributed by atoms with E-state index in [-0.39, 0.29) is 12.3 Å². The van der Waals surface area contributed by atoms with Crippen molar-refractivity contribution in [1.82, 2.24) is 9.78 Å². The zero-order valence-corrected chi connectivity index (χ0v) is 15.0. The van der Waals surface area contributed by atoms with Crippen LogP contribution in [0.4, 0.5) is 8.78 Å². The molecule has 21 heavy (non-hydrogen) atoms. The second-order valence-corrected chi connectivity index (χ2v) is 12.8. The van der Waals surface area contributed by atoms with Gasteiger partial charge in [-0.3, -0.25) is 0 Å². The fourth-order valence-corrected chi connectivity index (χ4v) is 3.27. The maximum Gasteiger partial charge on any atom is 0.265 e. The summed E-state index contributed by atoms with van der Waals surface area (Å²) in [7, 11) is -1.15. The lowest BCUT2D eigenvalue weighted by atomic mass is 10.1. The van der Waals surface area contributed by atoms with E-state index >= 15 is 0 Å². The third kappa shape index (κ3) is 4.34. The van der Waals surface area contributed by atoms with Gasteiger partial charge in [-0.1, -0.05) is 35.6 Å². The third-order valence-electron chi connectivity index (χ3n) is 3.17. The lowest BCUT2D eigenvalue weighted by Crippen LogP contribution is -2.22. The summed E-state index contributed by atoms with van der Waals surface area (Å²) < 4.78 is 34.1. The quantitative estimate of drug-likeness (QED) is 0.520. The number of hydrogen-bond acceptors (Lipinski definition) is 2. The van der Waals surface area contributed by atoms with Gasteiger partial charge in [0.1, 0.15) is 6.73 Å². The first kappa shape index (κ1) is 16.6. The first-order valence-corrected chi connectivity index (χ1v) is 11.3. The van der Waals surface area contributed by atoms with Crippen LogP contribution in [-0.2, 0) is 11.5 Å². The molecule has 0 radical (unpaired) electrons. The zero-order chi connectivity index (χ0) is 15.6. The molecule has 0 spiro atoms. The van der Waals surface area contributed by atoms with Gasteiger partial charge in [0.2, 0.25) is 0 Å². The predicted molar refractivity (Wildman–Crippen MR) is 86.5 cm³/mol. The van der Waals surface area contributed by atoms with Crippen LogP contribution in [0.3, 0.4) is 0 Å². The normalized spacial score (nSPS) is 12.5. The number of benzene rings is 1. The fourth-order valence-electron chi connectivity index (χ4n) is 2.02. The smallest absolute Gasteiger partial charge is 0.265 e. The topological polar surface area (TPSA) is 27.1 Å². The molecule has 0 saturated heterocycles. The molecule has 0 aliphatic heterocycles. The number of halogens is 3. The highest BCUT2D eigenvalue weighted by Gasteiger charge is 2.17. The van der Waals surface area contributed by atoms with Crippen molar-refractivity contribution in [2.45, 2.75) is 38.8 Å². The Bertz CT molecular complexity index is 625. The summed E-state index contributed by atoms with van der Waals surface area (Å²) in [6.07, 6.45) is -0.948. The standard InChI is InChI=1S/C14H19BrF2N2OSi/c1-21(2,3)5-4-20-9-19-13-10(8-18-19)6-11(15)7-12(13)14(16)17/h6-8,14H,4-5,9H2,1-3H3. The van der Waals surface area contributed by atoms with E-state index in [4.69, 9.17) is 4.74 Å². The highest BCUT2D eigenvalue weighted by molar-refractivity contribution is 9.10. The Kier molecular flexibility index (Phi) is 5.16. The summed E-state index contributed by atoms with van der Waals surface area (Å²) in [6.45, 7) is 7.65. The van der Waals surface area contributed by atoms with Crippen LogP contribution in [0.2, 0.25) is 25.7 Å². The molecule has 0 saturated carbocycles. The van der Waals surface area contributed by atoms with Gasteiger partial charge in [-0.05, 0) is 18.2 Å². The van der Waals surface area contributed by atoms with Crippen molar-refractivity contribution in [3.8, 4) is 0 Å². The highest BCUT2D eigenvalue weighted by atomic mass is 79.9. The number of alkyl halides is 2. The molecule has 0 aliphatic rings. The number of nitrogens with zero attached hydrogens (tertiary/aromatic N) is 2. The van der Waals surface area contributed by atoms with Gasteiger partial charge in [0.25, 0.3) is 6.43 Å². The minimum absolute atomic E-state index is 0.0225. The first-order chi connectivity index (χ1) is 9.78. The number of aromatic nitrogens is 2. The van der Waals surface area contributed by atoms with Gasteiger partial charge in [0.15, 0.2) is 0 Å². The van der Waals surface area contributed by atoms with Crippen LogP contribution in [0, 0.1) is 0 Å². The average Bonchev–Trinajstić information content (AvgIpc) is 2.75. The Morgan fingerprint density at radius 3 is 2.67 bits per heavy atom. The molecule has 0 unspecified atom stereocenters. The molecule has 1 aromatic carbocycles. The Labute approximate surface area is 132 Å². The molecule has 1 heterocycles. The molecule has 0 fully saturated rings. The van der Waals surface area contributed by atoms with Gasteiger partial charge in [-0.25, -0.2) is 13.5 Å². The Morgan fingerprint density at radius 2 is 2.05 bits per heavy atom. The number of rotatable bonds is 6. The molecular weight excluding hydrogens is 358 g/mol. The van der Waals surface area contributed by atoms with E-state index in [9.17, 15) is 8.78 Å². The van der Waals surface area contributed by atoms with E-state index in [1.807, 2.05) is 0 Å². The first-order valence-electron chi connectivity index (χ1n) is 6.79. The SMILES string of the molecule is C[Si](C)(C)CCOCn1ncc2cc(Br)cc(C(F)F)c21. The van der Waals surface area contributed by atoms with Gasteiger partial charge in [0.05, 0.1) is 11.7 Å².